The molecule has 1 aliphatic rings. The minimum absolute atomic E-state index is 0.159. The summed E-state index contributed by atoms with van der Waals surface area (Å²) in [7, 11) is 3.36. The van der Waals surface area contributed by atoms with Crippen LogP contribution in [0.3, 0.4) is 0 Å². The average Bonchev–Trinajstić information content (AvgIpc) is 3.16. The lowest BCUT2D eigenvalue weighted by Gasteiger charge is -2.26. The van der Waals surface area contributed by atoms with E-state index in [2.05, 4.69) is 38.2 Å². The zero-order valence-electron chi connectivity index (χ0n) is 12.7. The molecule has 2 rings (SSSR count). The molecule has 106 valence electrons. The van der Waals surface area contributed by atoms with Crippen molar-refractivity contribution in [2.24, 2.45) is 0 Å². The normalized spacial score (nSPS) is 17.1. The van der Waals surface area contributed by atoms with Crippen LogP contribution < -0.4 is 14.8 Å². The lowest BCUT2D eigenvalue weighted by molar-refractivity contribution is 0.353. The first-order valence-electron chi connectivity index (χ1n) is 6.88. The number of benzene rings is 1. The number of ether oxygens (including phenoxy) is 2. The Labute approximate surface area is 116 Å². The fourth-order valence-corrected chi connectivity index (χ4v) is 2.32. The zero-order valence-corrected chi connectivity index (χ0v) is 12.7. The average molecular weight is 263 g/mol. The van der Waals surface area contributed by atoms with E-state index in [-0.39, 0.29) is 11.0 Å². The van der Waals surface area contributed by atoms with Crippen molar-refractivity contribution in [1.82, 2.24) is 5.32 Å². The Bertz CT molecular complexity index is 445. The summed E-state index contributed by atoms with van der Waals surface area (Å²) in [5.41, 5.74) is 1.79. The van der Waals surface area contributed by atoms with Gasteiger partial charge in [-0.15, -0.1) is 0 Å². The third-order valence-corrected chi connectivity index (χ3v) is 3.81. The first kappa shape index (κ1) is 14.2. The molecule has 1 aromatic carbocycles. The second kappa shape index (κ2) is 5.04. The molecule has 19 heavy (non-hydrogen) atoms. The Morgan fingerprint density at radius 2 is 1.74 bits per heavy atom. The molecule has 1 aromatic rings. The Hall–Kier alpha value is -1.22. The lowest BCUT2D eigenvalue weighted by atomic mass is 9.94. The van der Waals surface area contributed by atoms with Crippen LogP contribution in [0, 0.1) is 0 Å². The molecule has 1 fully saturated rings. The Kier molecular flexibility index (Phi) is 3.77. The molecule has 0 aliphatic heterocycles. The van der Waals surface area contributed by atoms with E-state index in [4.69, 9.17) is 9.47 Å². The van der Waals surface area contributed by atoms with Gasteiger partial charge in [-0.3, -0.25) is 0 Å². The monoisotopic (exact) mass is 263 g/mol. The van der Waals surface area contributed by atoms with Crippen molar-refractivity contribution in [3.05, 3.63) is 23.8 Å². The van der Waals surface area contributed by atoms with Gasteiger partial charge < -0.3 is 14.8 Å². The van der Waals surface area contributed by atoms with Gasteiger partial charge in [0.1, 0.15) is 0 Å². The maximum Gasteiger partial charge on any atom is 0.161 e. The maximum atomic E-state index is 5.40. The van der Waals surface area contributed by atoms with Crippen LogP contribution in [0.15, 0.2) is 18.2 Å². The standard InChI is InChI=1S/C16H25NO2/c1-15(2,3)17-11-16(8-9-16)12-6-7-13(18-4)14(10-12)19-5/h6-7,10,17H,8-9,11H2,1-5H3. The number of hydrogen-bond donors (Lipinski definition) is 1. The lowest BCUT2D eigenvalue weighted by Crippen LogP contribution is -2.40. The predicted molar refractivity (Wildman–Crippen MR) is 78.2 cm³/mol. The first-order valence-corrected chi connectivity index (χ1v) is 6.88. The molecule has 1 aliphatic carbocycles. The van der Waals surface area contributed by atoms with Gasteiger partial charge in [0.15, 0.2) is 11.5 Å². The third-order valence-electron chi connectivity index (χ3n) is 3.81. The molecule has 0 amide bonds. The quantitative estimate of drug-likeness (QED) is 0.885. The molecule has 1 N–H and O–H groups in total. The Balaban J connectivity index is 2.17. The van der Waals surface area contributed by atoms with Crippen LogP contribution in [0.2, 0.25) is 0 Å². The van der Waals surface area contributed by atoms with E-state index in [9.17, 15) is 0 Å². The van der Waals surface area contributed by atoms with Gasteiger partial charge in [-0.2, -0.15) is 0 Å². The van der Waals surface area contributed by atoms with E-state index < -0.39 is 0 Å². The Morgan fingerprint density at radius 3 is 2.21 bits per heavy atom. The van der Waals surface area contributed by atoms with E-state index in [1.165, 1.54) is 18.4 Å². The maximum absolute atomic E-state index is 5.40. The smallest absolute Gasteiger partial charge is 0.161 e. The van der Waals surface area contributed by atoms with E-state index in [1.807, 2.05) is 6.07 Å². The third kappa shape index (κ3) is 3.21. The minimum Gasteiger partial charge on any atom is -0.493 e. The van der Waals surface area contributed by atoms with E-state index in [1.54, 1.807) is 14.2 Å². The highest BCUT2D eigenvalue weighted by molar-refractivity contribution is 5.47. The predicted octanol–water partition coefficient (Wildman–Crippen LogP) is 3.12. The van der Waals surface area contributed by atoms with Gasteiger partial charge >= 0.3 is 0 Å². The fourth-order valence-electron chi connectivity index (χ4n) is 2.32. The molecule has 3 nitrogen and oxygen atoms in total. The highest BCUT2D eigenvalue weighted by Crippen LogP contribution is 2.49. The van der Waals surface area contributed by atoms with Crippen molar-refractivity contribution in [2.45, 2.75) is 44.6 Å². The summed E-state index contributed by atoms with van der Waals surface area (Å²) in [4.78, 5) is 0. The molecule has 0 heterocycles. The summed E-state index contributed by atoms with van der Waals surface area (Å²) in [6.45, 7) is 7.64. The Morgan fingerprint density at radius 1 is 1.11 bits per heavy atom. The molecule has 0 saturated heterocycles. The van der Waals surface area contributed by atoms with Gasteiger partial charge in [0.05, 0.1) is 14.2 Å². The van der Waals surface area contributed by atoms with Gasteiger partial charge in [-0.25, -0.2) is 0 Å². The second-order valence-corrected chi connectivity index (χ2v) is 6.45. The van der Waals surface area contributed by atoms with Gasteiger partial charge in [-0.05, 0) is 51.3 Å². The van der Waals surface area contributed by atoms with Crippen LogP contribution in [0.5, 0.6) is 11.5 Å². The van der Waals surface area contributed by atoms with E-state index in [0.717, 1.165) is 18.0 Å². The number of hydrogen-bond acceptors (Lipinski definition) is 3. The minimum atomic E-state index is 0.159. The highest BCUT2D eigenvalue weighted by Gasteiger charge is 2.44. The molecule has 0 radical (unpaired) electrons. The summed E-state index contributed by atoms with van der Waals surface area (Å²) in [6.07, 6.45) is 2.48. The van der Waals surface area contributed by atoms with Gasteiger partial charge in [0.25, 0.3) is 0 Å². The van der Waals surface area contributed by atoms with Gasteiger partial charge in [-0.1, -0.05) is 6.07 Å². The summed E-state index contributed by atoms with van der Waals surface area (Å²) in [5.74, 6) is 1.62. The zero-order chi connectivity index (χ0) is 14.1. The molecular formula is C16H25NO2. The number of nitrogens with one attached hydrogen (secondary N) is 1. The van der Waals surface area contributed by atoms with Crippen LogP contribution in [-0.2, 0) is 5.41 Å². The first-order chi connectivity index (χ1) is 8.90. The molecule has 0 aromatic heterocycles. The van der Waals surface area contributed by atoms with Crippen molar-refractivity contribution in [3.63, 3.8) is 0 Å². The van der Waals surface area contributed by atoms with Crippen LogP contribution in [0.1, 0.15) is 39.2 Å². The molecule has 0 bridgehead atoms. The second-order valence-electron chi connectivity index (χ2n) is 6.45. The highest BCUT2D eigenvalue weighted by atomic mass is 16.5. The molecule has 1 saturated carbocycles. The largest absolute Gasteiger partial charge is 0.493 e. The topological polar surface area (TPSA) is 30.5 Å². The van der Waals surface area contributed by atoms with Crippen molar-refractivity contribution in [1.29, 1.82) is 0 Å². The fraction of sp³-hybridized carbons (Fsp3) is 0.625. The van der Waals surface area contributed by atoms with Crippen molar-refractivity contribution in [2.75, 3.05) is 20.8 Å². The molecule has 0 atom stereocenters. The molecule has 0 spiro atoms. The molecule has 3 heteroatoms. The van der Waals surface area contributed by atoms with Crippen molar-refractivity contribution >= 4 is 0 Å². The van der Waals surface area contributed by atoms with Crippen molar-refractivity contribution < 1.29 is 9.47 Å². The SMILES string of the molecule is COc1ccc(C2(CNC(C)(C)C)CC2)cc1OC. The van der Waals surface area contributed by atoms with E-state index >= 15 is 0 Å². The van der Waals surface area contributed by atoms with Crippen LogP contribution >= 0.6 is 0 Å². The summed E-state index contributed by atoms with van der Waals surface area (Å²) in [5, 5.41) is 3.62. The van der Waals surface area contributed by atoms with Gasteiger partial charge in [0.2, 0.25) is 0 Å². The summed E-state index contributed by atoms with van der Waals surface area (Å²) >= 11 is 0. The van der Waals surface area contributed by atoms with Crippen molar-refractivity contribution in [3.8, 4) is 11.5 Å². The van der Waals surface area contributed by atoms with Crippen LogP contribution in [0.25, 0.3) is 0 Å². The van der Waals surface area contributed by atoms with Crippen LogP contribution in [0.4, 0.5) is 0 Å². The molecular weight excluding hydrogens is 238 g/mol. The van der Waals surface area contributed by atoms with E-state index in [0.29, 0.717) is 0 Å². The van der Waals surface area contributed by atoms with Gasteiger partial charge in [0, 0.05) is 17.5 Å². The summed E-state index contributed by atoms with van der Waals surface area (Å²) < 4.78 is 10.7. The van der Waals surface area contributed by atoms with Crippen LogP contribution in [-0.4, -0.2) is 26.3 Å². The summed E-state index contributed by atoms with van der Waals surface area (Å²) in [6, 6.07) is 6.29. The number of rotatable bonds is 5. The molecule has 0 unspecified atom stereocenters. The number of methoxy groups -OCH3 is 2.